The molecular weight excluding hydrogens is 453 g/mol. The van der Waals surface area contributed by atoms with Gasteiger partial charge in [-0.3, -0.25) is 9.59 Å². The number of hydrogen-bond acceptors (Lipinski definition) is 3. The lowest BCUT2D eigenvalue weighted by Gasteiger charge is -2.31. The third kappa shape index (κ3) is 4.71. The average Bonchev–Trinajstić information content (AvgIpc) is 3.13. The van der Waals surface area contributed by atoms with E-state index in [0.717, 1.165) is 34.3 Å². The molecule has 8 heteroatoms. The molecule has 2 aromatic carbocycles. The van der Waals surface area contributed by atoms with Gasteiger partial charge in [0.1, 0.15) is 6.04 Å². The zero-order valence-electron chi connectivity index (χ0n) is 17.1. The first-order valence-electron chi connectivity index (χ1n) is 10.1. The van der Waals surface area contributed by atoms with Gasteiger partial charge in [0.25, 0.3) is 5.91 Å². The van der Waals surface area contributed by atoms with Crippen molar-refractivity contribution < 1.29 is 9.59 Å². The number of nitrogens with zero attached hydrogens (tertiary/aromatic N) is 1. The minimum absolute atomic E-state index is 0.0727. The standard InChI is InChI=1S/C23H23Cl2N3O2S/c1-31-11-9-21(27-22(29)15-4-2-3-5-18(15)25)23(30)28-10-8-20-17(13-28)16-12-14(24)6-7-19(16)26-20/h2-7,12,21,26H,8-11,13H2,1H3,(H,27,29). The van der Waals surface area contributed by atoms with Crippen LogP contribution < -0.4 is 5.32 Å². The number of halogens is 2. The number of hydrogen-bond donors (Lipinski definition) is 2. The Bertz CT molecular complexity index is 1130. The van der Waals surface area contributed by atoms with E-state index in [4.69, 9.17) is 23.2 Å². The topological polar surface area (TPSA) is 65.2 Å². The molecule has 31 heavy (non-hydrogen) atoms. The SMILES string of the molecule is CSCCC(NC(=O)c1ccccc1Cl)C(=O)N1CCc2[nH]c3ccc(Cl)cc3c2C1. The number of carbonyl (C=O) groups is 2. The van der Waals surface area contributed by atoms with Crippen LogP contribution in [0, 0.1) is 0 Å². The molecule has 4 rings (SSSR count). The molecule has 2 amide bonds. The van der Waals surface area contributed by atoms with E-state index in [0.29, 0.717) is 35.1 Å². The molecule has 2 heterocycles. The van der Waals surface area contributed by atoms with Gasteiger partial charge >= 0.3 is 0 Å². The van der Waals surface area contributed by atoms with Crippen LogP contribution in [0.25, 0.3) is 10.9 Å². The zero-order valence-corrected chi connectivity index (χ0v) is 19.4. The Balaban J connectivity index is 1.55. The van der Waals surface area contributed by atoms with E-state index in [-0.39, 0.29) is 11.8 Å². The average molecular weight is 476 g/mol. The number of nitrogens with one attached hydrogen (secondary N) is 2. The fourth-order valence-corrected chi connectivity index (χ4v) is 4.83. The second-order valence-electron chi connectivity index (χ2n) is 7.57. The van der Waals surface area contributed by atoms with Crippen molar-refractivity contribution in [2.45, 2.75) is 25.4 Å². The van der Waals surface area contributed by atoms with Crippen LogP contribution >= 0.6 is 35.0 Å². The van der Waals surface area contributed by atoms with Crippen molar-refractivity contribution in [1.82, 2.24) is 15.2 Å². The first kappa shape index (κ1) is 22.1. The molecule has 1 aromatic heterocycles. The smallest absolute Gasteiger partial charge is 0.253 e. The molecule has 0 saturated heterocycles. The number of aromatic amines is 1. The highest BCUT2D eigenvalue weighted by molar-refractivity contribution is 7.98. The van der Waals surface area contributed by atoms with Crippen molar-refractivity contribution in [3.63, 3.8) is 0 Å². The van der Waals surface area contributed by atoms with Crippen LogP contribution in [0.5, 0.6) is 0 Å². The molecule has 0 saturated carbocycles. The maximum Gasteiger partial charge on any atom is 0.253 e. The van der Waals surface area contributed by atoms with Crippen molar-refractivity contribution in [2.24, 2.45) is 0 Å². The quantitative estimate of drug-likeness (QED) is 0.532. The molecule has 0 radical (unpaired) electrons. The molecule has 0 aliphatic carbocycles. The normalized spacial score (nSPS) is 14.4. The molecule has 1 atom stereocenters. The lowest BCUT2D eigenvalue weighted by Crippen LogP contribution is -2.50. The van der Waals surface area contributed by atoms with Gasteiger partial charge in [-0.15, -0.1) is 0 Å². The van der Waals surface area contributed by atoms with Crippen LogP contribution in [-0.4, -0.2) is 46.3 Å². The molecule has 1 unspecified atom stereocenters. The molecule has 3 aromatic rings. The van der Waals surface area contributed by atoms with Crippen LogP contribution in [0.4, 0.5) is 0 Å². The summed E-state index contributed by atoms with van der Waals surface area (Å²) in [5, 5.41) is 4.99. The molecule has 2 N–H and O–H groups in total. The predicted molar refractivity (Wildman–Crippen MR) is 128 cm³/mol. The van der Waals surface area contributed by atoms with Crippen molar-refractivity contribution in [3.8, 4) is 0 Å². The van der Waals surface area contributed by atoms with E-state index in [1.54, 1.807) is 36.0 Å². The molecule has 5 nitrogen and oxygen atoms in total. The maximum atomic E-state index is 13.4. The van der Waals surface area contributed by atoms with E-state index in [2.05, 4.69) is 10.3 Å². The second-order valence-corrected chi connectivity index (χ2v) is 9.40. The van der Waals surface area contributed by atoms with Crippen molar-refractivity contribution in [1.29, 1.82) is 0 Å². The molecule has 1 aliphatic heterocycles. The molecule has 162 valence electrons. The van der Waals surface area contributed by atoms with Crippen LogP contribution in [-0.2, 0) is 17.8 Å². The van der Waals surface area contributed by atoms with Gasteiger partial charge in [-0.1, -0.05) is 35.3 Å². The summed E-state index contributed by atoms with van der Waals surface area (Å²) in [5.41, 5.74) is 3.63. The second kappa shape index (κ2) is 9.55. The predicted octanol–water partition coefficient (Wildman–Crippen LogP) is 4.91. The Morgan fingerprint density at radius 1 is 1.23 bits per heavy atom. The van der Waals surface area contributed by atoms with Gasteiger partial charge in [0.15, 0.2) is 0 Å². The summed E-state index contributed by atoms with van der Waals surface area (Å²) in [7, 11) is 0. The molecule has 0 bridgehead atoms. The first-order valence-corrected chi connectivity index (χ1v) is 12.2. The monoisotopic (exact) mass is 475 g/mol. The highest BCUT2D eigenvalue weighted by atomic mass is 35.5. The Labute approximate surface area is 195 Å². The van der Waals surface area contributed by atoms with Gasteiger partial charge in [0, 0.05) is 46.7 Å². The number of rotatable bonds is 6. The fraction of sp³-hybridized carbons (Fsp3) is 0.304. The third-order valence-electron chi connectivity index (χ3n) is 5.58. The van der Waals surface area contributed by atoms with Gasteiger partial charge in [-0.2, -0.15) is 11.8 Å². The Hall–Kier alpha value is -2.15. The van der Waals surface area contributed by atoms with Gasteiger partial charge < -0.3 is 15.2 Å². The minimum atomic E-state index is -0.605. The van der Waals surface area contributed by atoms with E-state index < -0.39 is 6.04 Å². The fourth-order valence-electron chi connectivity index (χ4n) is 3.97. The highest BCUT2D eigenvalue weighted by Gasteiger charge is 2.30. The third-order valence-corrected chi connectivity index (χ3v) is 6.79. The van der Waals surface area contributed by atoms with E-state index in [1.165, 1.54) is 0 Å². The van der Waals surface area contributed by atoms with Gasteiger partial charge in [0.05, 0.1) is 10.6 Å². The number of carbonyl (C=O) groups excluding carboxylic acids is 2. The number of amides is 2. The van der Waals surface area contributed by atoms with Crippen molar-refractivity contribution in [3.05, 3.63) is 69.3 Å². The Morgan fingerprint density at radius 3 is 2.81 bits per heavy atom. The van der Waals surface area contributed by atoms with Crippen molar-refractivity contribution in [2.75, 3.05) is 18.6 Å². The van der Waals surface area contributed by atoms with Crippen LogP contribution in [0.15, 0.2) is 42.5 Å². The number of fused-ring (bicyclic) bond motifs is 3. The largest absolute Gasteiger partial charge is 0.358 e. The number of thioether (sulfide) groups is 1. The van der Waals surface area contributed by atoms with E-state index in [1.807, 2.05) is 29.4 Å². The lowest BCUT2D eigenvalue weighted by atomic mass is 10.0. The maximum absolute atomic E-state index is 13.4. The Morgan fingerprint density at radius 2 is 2.03 bits per heavy atom. The summed E-state index contributed by atoms with van der Waals surface area (Å²) in [5.74, 6) is 0.360. The number of benzene rings is 2. The van der Waals surface area contributed by atoms with Crippen LogP contribution in [0.1, 0.15) is 28.0 Å². The van der Waals surface area contributed by atoms with Gasteiger partial charge in [-0.05, 0) is 48.8 Å². The molecular formula is C23H23Cl2N3O2S. The van der Waals surface area contributed by atoms with Crippen molar-refractivity contribution >= 4 is 57.7 Å². The summed E-state index contributed by atoms with van der Waals surface area (Å²) in [6, 6.07) is 12.0. The summed E-state index contributed by atoms with van der Waals surface area (Å²) < 4.78 is 0. The molecule has 0 fully saturated rings. The minimum Gasteiger partial charge on any atom is -0.358 e. The summed E-state index contributed by atoms with van der Waals surface area (Å²) in [6.45, 7) is 1.09. The van der Waals surface area contributed by atoms with Gasteiger partial charge in [0.2, 0.25) is 5.91 Å². The highest BCUT2D eigenvalue weighted by Crippen LogP contribution is 2.30. The van der Waals surface area contributed by atoms with E-state index in [9.17, 15) is 9.59 Å². The van der Waals surface area contributed by atoms with E-state index >= 15 is 0 Å². The van der Waals surface area contributed by atoms with Crippen LogP contribution in [0.3, 0.4) is 0 Å². The summed E-state index contributed by atoms with van der Waals surface area (Å²) >= 11 is 14.0. The summed E-state index contributed by atoms with van der Waals surface area (Å²) in [4.78, 5) is 31.5. The van der Waals surface area contributed by atoms with Crippen LogP contribution in [0.2, 0.25) is 10.0 Å². The number of H-pyrrole nitrogens is 1. The zero-order chi connectivity index (χ0) is 22.0. The number of aromatic nitrogens is 1. The Kier molecular flexibility index (Phi) is 6.80. The molecule has 1 aliphatic rings. The molecule has 0 spiro atoms. The first-order chi connectivity index (χ1) is 15.0. The lowest BCUT2D eigenvalue weighted by molar-refractivity contribution is -0.134. The summed E-state index contributed by atoms with van der Waals surface area (Å²) in [6.07, 6.45) is 3.28. The van der Waals surface area contributed by atoms with Gasteiger partial charge in [-0.25, -0.2) is 0 Å².